The largest absolute Gasteiger partial charge is 0.303 e. The molecule has 0 unspecified atom stereocenters. The van der Waals surface area contributed by atoms with Crippen molar-refractivity contribution in [3.05, 3.63) is 0 Å². The quantitative estimate of drug-likeness (QED) is 0.767. The fourth-order valence-electron chi connectivity index (χ4n) is 3.41. The minimum absolute atomic E-state index is 0.201. The van der Waals surface area contributed by atoms with Gasteiger partial charge in [0.2, 0.25) is 0 Å². The van der Waals surface area contributed by atoms with Crippen LogP contribution in [0.4, 0.5) is 0 Å². The van der Waals surface area contributed by atoms with Crippen LogP contribution in [-0.2, 0) is 0 Å². The van der Waals surface area contributed by atoms with Crippen LogP contribution < -0.4 is 0 Å². The molecule has 2 saturated carbocycles. The van der Waals surface area contributed by atoms with Crippen molar-refractivity contribution in [2.45, 2.75) is 56.5 Å². The Labute approximate surface area is 112 Å². The molecule has 2 fully saturated rings. The van der Waals surface area contributed by atoms with E-state index in [0.29, 0.717) is 6.04 Å². The standard InChI is InChI=1S/C15H27N3/c1-17(2)15(12-16)9-7-14(8-10-15)18(3)11-13-5-4-6-13/h13-14H,4-11H2,1-3H3. The fourth-order valence-corrected chi connectivity index (χ4v) is 3.41. The van der Waals surface area contributed by atoms with Crippen molar-refractivity contribution in [1.29, 1.82) is 5.26 Å². The number of hydrogen-bond donors (Lipinski definition) is 0. The van der Waals surface area contributed by atoms with E-state index < -0.39 is 0 Å². The maximum absolute atomic E-state index is 9.42. The normalized spacial score (nSPS) is 33.4. The topological polar surface area (TPSA) is 30.3 Å². The summed E-state index contributed by atoms with van der Waals surface area (Å²) in [5.41, 5.74) is -0.201. The predicted octanol–water partition coefficient (Wildman–Crippen LogP) is 2.48. The third-order valence-electron chi connectivity index (χ3n) is 5.24. The van der Waals surface area contributed by atoms with Gasteiger partial charge in [-0.3, -0.25) is 4.90 Å². The lowest BCUT2D eigenvalue weighted by atomic mass is 9.78. The third kappa shape index (κ3) is 2.70. The second-order valence-corrected chi connectivity index (χ2v) is 6.51. The first-order valence-electron chi connectivity index (χ1n) is 7.36. The van der Waals surface area contributed by atoms with Crippen LogP contribution in [0.15, 0.2) is 0 Å². The zero-order valence-electron chi connectivity index (χ0n) is 12.2. The molecule has 3 nitrogen and oxygen atoms in total. The molecule has 0 heterocycles. The van der Waals surface area contributed by atoms with Gasteiger partial charge in [0, 0.05) is 12.6 Å². The second-order valence-electron chi connectivity index (χ2n) is 6.51. The molecule has 102 valence electrons. The van der Waals surface area contributed by atoms with Crippen LogP contribution in [0.25, 0.3) is 0 Å². The highest BCUT2D eigenvalue weighted by molar-refractivity contribution is 5.10. The highest BCUT2D eigenvalue weighted by Gasteiger charge is 2.38. The van der Waals surface area contributed by atoms with Gasteiger partial charge in [-0.2, -0.15) is 5.26 Å². The van der Waals surface area contributed by atoms with Crippen LogP contribution in [0.5, 0.6) is 0 Å². The summed E-state index contributed by atoms with van der Waals surface area (Å²) in [7, 11) is 6.36. The molecule has 0 aromatic rings. The van der Waals surface area contributed by atoms with Crippen LogP contribution in [0.1, 0.15) is 44.9 Å². The molecule has 18 heavy (non-hydrogen) atoms. The molecule has 0 bridgehead atoms. The molecule has 0 saturated heterocycles. The summed E-state index contributed by atoms with van der Waals surface area (Å²) in [6.07, 6.45) is 8.69. The summed E-state index contributed by atoms with van der Waals surface area (Å²) in [5.74, 6) is 0.950. The number of rotatable bonds is 4. The Balaban J connectivity index is 1.83. The van der Waals surface area contributed by atoms with E-state index in [1.54, 1.807) is 0 Å². The predicted molar refractivity (Wildman–Crippen MR) is 74.3 cm³/mol. The van der Waals surface area contributed by atoms with E-state index in [1.807, 2.05) is 14.1 Å². The monoisotopic (exact) mass is 249 g/mol. The van der Waals surface area contributed by atoms with Gasteiger partial charge in [0.15, 0.2) is 0 Å². The van der Waals surface area contributed by atoms with Crippen molar-refractivity contribution in [2.24, 2.45) is 5.92 Å². The van der Waals surface area contributed by atoms with Crippen molar-refractivity contribution in [3.8, 4) is 6.07 Å². The van der Waals surface area contributed by atoms with Gasteiger partial charge in [-0.15, -0.1) is 0 Å². The summed E-state index contributed by atoms with van der Waals surface area (Å²) in [5, 5.41) is 9.42. The van der Waals surface area contributed by atoms with Crippen LogP contribution in [0.3, 0.4) is 0 Å². The van der Waals surface area contributed by atoms with Crippen molar-refractivity contribution >= 4 is 0 Å². The molecule has 0 aromatic carbocycles. The Hall–Kier alpha value is -0.590. The number of hydrogen-bond acceptors (Lipinski definition) is 3. The molecule has 0 spiro atoms. The minimum Gasteiger partial charge on any atom is -0.303 e. The molecule has 3 heteroatoms. The van der Waals surface area contributed by atoms with Gasteiger partial charge in [-0.1, -0.05) is 6.42 Å². The Morgan fingerprint density at radius 1 is 1.11 bits per heavy atom. The Morgan fingerprint density at radius 3 is 2.11 bits per heavy atom. The maximum Gasteiger partial charge on any atom is 0.108 e. The van der Waals surface area contributed by atoms with E-state index >= 15 is 0 Å². The first-order chi connectivity index (χ1) is 8.57. The molecule has 0 N–H and O–H groups in total. The molecule has 2 aliphatic carbocycles. The highest BCUT2D eigenvalue weighted by Crippen LogP contribution is 2.35. The first kappa shape index (κ1) is 13.8. The molecule has 0 atom stereocenters. The van der Waals surface area contributed by atoms with Gasteiger partial charge >= 0.3 is 0 Å². The van der Waals surface area contributed by atoms with E-state index in [0.717, 1.165) is 18.8 Å². The molecular formula is C15H27N3. The van der Waals surface area contributed by atoms with Crippen LogP contribution >= 0.6 is 0 Å². The lowest BCUT2D eigenvalue weighted by molar-refractivity contribution is 0.0814. The van der Waals surface area contributed by atoms with Crippen LogP contribution in [0.2, 0.25) is 0 Å². The maximum atomic E-state index is 9.42. The molecule has 0 aliphatic heterocycles. The van der Waals surface area contributed by atoms with E-state index in [2.05, 4.69) is 22.9 Å². The van der Waals surface area contributed by atoms with Crippen molar-refractivity contribution in [1.82, 2.24) is 9.80 Å². The minimum atomic E-state index is -0.201. The molecule has 0 amide bonds. The SMILES string of the molecule is CN(CC1CCC1)C1CCC(C#N)(N(C)C)CC1. The van der Waals surface area contributed by atoms with Crippen LogP contribution in [-0.4, -0.2) is 49.1 Å². The molecule has 2 rings (SSSR count). The van der Waals surface area contributed by atoms with Gasteiger partial charge in [-0.05, 0) is 65.6 Å². The Morgan fingerprint density at radius 2 is 1.72 bits per heavy atom. The fraction of sp³-hybridized carbons (Fsp3) is 0.933. The van der Waals surface area contributed by atoms with Crippen LogP contribution in [0, 0.1) is 17.2 Å². The zero-order valence-corrected chi connectivity index (χ0v) is 12.2. The first-order valence-corrected chi connectivity index (χ1v) is 7.36. The zero-order chi connectivity index (χ0) is 13.2. The lowest BCUT2D eigenvalue weighted by Crippen LogP contribution is -2.50. The van der Waals surface area contributed by atoms with Crippen molar-refractivity contribution in [2.75, 3.05) is 27.7 Å². The summed E-state index contributed by atoms with van der Waals surface area (Å²) in [6, 6.07) is 3.25. The van der Waals surface area contributed by atoms with Gasteiger partial charge in [-0.25, -0.2) is 0 Å². The van der Waals surface area contributed by atoms with E-state index in [-0.39, 0.29) is 5.54 Å². The van der Waals surface area contributed by atoms with E-state index in [9.17, 15) is 5.26 Å². The summed E-state index contributed by atoms with van der Waals surface area (Å²) in [6.45, 7) is 1.27. The van der Waals surface area contributed by atoms with Gasteiger partial charge < -0.3 is 4.90 Å². The smallest absolute Gasteiger partial charge is 0.108 e. The van der Waals surface area contributed by atoms with Gasteiger partial charge in [0.1, 0.15) is 5.54 Å². The molecule has 2 aliphatic rings. The lowest BCUT2D eigenvalue weighted by Gasteiger charge is -2.43. The van der Waals surface area contributed by atoms with Gasteiger partial charge in [0.05, 0.1) is 6.07 Å². The number of nitrogens with zero attached hydrogens (tertiary/aromatic N) is 3. The molecule has 0 radical (unpaired) electrons. The number of nitriles is 1. The van der Waals surface area contributed by atoms with E-state index in [1.165, 1.54) is 38.6 Å². The average molecular weight is 249 g/mol. The Bertz CT molecular complexity index is 306. The van der Waals surface area contributed by atoms with Gasteiger partial charge in [0.25, 0.3) is 0 Å². The average Bonchev–Trinajstić information content (AvgIpc) is 2.33. The Kier molecular flexibility index (Phi) is 4.29. The summed E-state index contributed by atoms with van der Waals surface area (Å²) >= 11 is 0. The van der Waals surface area contributed by atoms with Crippen molar-refractivity contribution in [3.63, 3.8) is 0 Å². The summed E-state index contributed by atoms with van der Waals surface area (Å²) in [4.78, 5) is 4.68. The summed E-state index contributed by atoms with van der Waals surface area (Å²) < 4.78 is 0. The highest BCUT2D eigenvalue weighted by atomic mass is 15.2. The van der Waals surface area contributed by atoms with E-state index in [4.69, 9.17) is 0 Å². The van der Waals surface area contributed by atoms with Crippen molar-refractivity contribution < 1.29 is 0 Å². The molecular weight excluding hydrogens is 222 g/mol. The molecule has 0 aromatic heterocycles. The second kappa shape index (κ2) is 5.59. The third-order valence-corrected chi connectivity index (χ3v) is 5.24.